The van der Waals surface area contributed by atoms with Gasteiger partial charge in [-0.3, -0.25) is 19.8 Å². The van der Waals surface area contributed by atoms with Crippen LogP contribution in [0.3, 0.4) is 0 Å². The zero-order chi connectivity index (χ0) is 22.1. The molecule has 3 aliphatic heterocycles. The van der Waals surface area contributed by atoms with E-state index in [9.17, 15) is 14.7 Å². The van der Waals surface area contributed by atoms with Crippen molar-refractivity contribution < 1.29 is 14.6 Å². The van der Waals surface area contributed by atoms with E-state index in [4.69, 9.17) is 4.74 Å². The maximum atomic E-state index is 13.1. The van der Waals surface area contributed by atoms with Gasteiger partial charge in [0.1, 0.15) is 0 Å². The highest BCUT2D eigenvalue weighted by Gasteiger charge is 2.50. The third-order valence-electron chi connectivity index (χ3n) is 7.62. The minimum atomic E-state index is -0.431. The molecule has 2 saturated heterocycles. The number of nitrogens with one attached hydrogen (secondary N) is 2. The zero-order valence-electron chi connectivity index (χ0n) is 18.6. The summed E-state index contributed by atoms with van der Waals surface area (Å²) in [5, 5.41) is 16.6. The summed E-state index contributed by atoms with van der Waals surface area (Å²) in [5.74, 6) is -0.209. The molecule has 174 valence electrons. The second kappa shape index (κ2) is 9.47. The number of amides is 1. The number of rotatable bonds is 7. The highest BCUT2D eigenvalue weighted by Crippen LogP contribution is 2.42. The van der Waals surface area contributed by atoms with Crippen molar-refractivity contribution >= 4 is 11.5 Å². The lowest BCUT2D eigenvalue weighted by Gasteiger charge is -2.26. The van der Waals surface area contributed by atoms with E-state index in [1.54, 1.807) is 0 Å². The normalized spacial score (nSPS) is 29.6. The van der Waals surface area contributed by atoms with Crippen LogP contribution in [0, 0.1) is 11.8 Å². The molecule has 2 fully saturated rings. The molecule has 32 heavy (non-hydrogen) atoms. The molecule has 8 heteroatoms. The van der Waals surface area contributed by atoms with E-state index in [1.807, 2.05) is 16.7 Å². The van der Waals surface area contributed by atoms with Crippen LogP contribution in [0.4, 0.5) is 0 Å². The standard InChI is InChI=1S/C24H34N4O4/c29-15-19-18-14-28-20(7-6-17(24(28)31)16-4-1-2-5-16)21(18)26-22(19)23(30)25-8-3-9-27-10-12-32-13-11-27/h4,6-7,18-19,21-22,26,29H,1-3,5,8-15H2,(H,25,30)/t18-,19-,21+,22-/m1/s1. The first kappa shape index (κ1) is 21.8. The molecule has 0 radical (unpaired) electrons. The second-order valence-corrected chi connectivity index (χ2v) is 9.44. The predicted molar refractivity (Wildman–Crippen MR) is 121 cm³/mol. The van der Waals surface area contributed by atoms with Gasteiger partial charge in [0.05, 0.1) is 25.3 Å². The lowest BCUT2D eigenvalue weighted by molar-refractivity contribution is -0.124. The second-order valence-electron chi connectivity index (χ2n) is 9.44. The van der Waals surface area contributed by atoms with Crippen molar-refractivity contribution in [3.63, 3.8) is 0 Å². The Balaban J connectivity index is 1.22. The molecule has 4 atom stereocenters. The Labute approximate surface area is 188 Å². The number of ether oxygens (including phenoxy) is 1. The first-order chi connectivity index (χ1) is 15.7. The van der Waals surface area contributed by atoms with Crippen molar-refractivity contribution in [3.8, 4) is 0 Å². The van der Waals surface area contributed by atoms with Gasteiger partial charge >= 0.3 is 0 Å². The molecule has 3 N–H and O–H groups in total. The van der Waals surface area contributed by atoms with Gasteiger partial charge in [0.15, 0.2) is 0 Å². The summed E-state index contributed by atoms with van der Waals surface area (Å²) in [6.07, 6.45) is 6.19. The van der Waals surface area contributed by atoms with Crippen LogP contribution >= 0.6 is 0 Å². The van der Waals surface area contributed by atoms with E-state index in [2.05, 4.69) is 21.6 Å². The number of fused-ring (bicyclic) bond motifs is 3. The summed E-state index contributed by atoms with van der Waals surface area (Å²) in [5.41, 5.74) is 2.96. The maximum absolute atomic E-state index is 13.1. The van der Waals surface area contributed by atoms with E-state index in [-0.39, 0.29) is 36.0 Å². The summed E-state index contributed by atoms with van der Waals surface area (Å²) < 4.78 is 7.23. The summed E-state index contributed by atoms with van der Waals surface area (Å²) in [6, 6.07) is 3.47. The fourth-order valence-corrected chi connectivity index (χ4v) is 5.86. The minimum Gasteiger partial charge on any atom is -0.396 e. The molecule has 1 aliphatic carbocycles. The van der Waals surface area contributed by atoms with Gasteiger partial charge in [-0.2, -0.15) is 0 Å². The number of hydrogen-bond acceptors (Lipinski definition) is 6. The maximum Gasteiger partial charge on any atom is 0.258 e. The molecule has 0 saturated carbocycles. The number of carbonyl (C=O) groups is 1. The fourth-order valence-electron chi connectivity index (χ4n) is 5.86. The van der Waals surface area contributed by atoms with Gasteiger partial charge < -0.3 is 19.7 Å². The molecule has 1 aromatic rings. The van der Waals surface area contributed by atoms with Crippen LogP contribution in [0.2, 0.25) is 0 Å². The Bertz CT molecular complexity index is 936. The molecule has 0 unspecified atom stereocenters. The van der Waals surface area contributed by atoms with Gasteiger partial charge in [-0.1, -0.05) is 6.08 Å². The fraction of sp³-hybridized carbons (Fsp3) is 0.667. The third-order valence-corrected chi connectivity index (χ3v) is 7.62. The average molecular weight is 443 g/mol. The van der Waals surface area contributed by atoms with Gasteiger partial charge in [-0.05, 0) is 49.9 Å². The van der Waals surface area contributed by atoms with Crippen LogP contribution < -0.4 is 16.2 Å². The topological polar surface area (TPSA) is 95.8 Å². The molecular weight excluding hydrogens is 408 g/mol. The number of nitrogens with zero attached hydrogens (tertiary/aromatic N) is 2. The molecule has 0 spiro atoms. The van der Waals surface area contributed by atoms with Gasteiger partial charge in [0, 0.05) is 55.9 Å². The number of aliphatic hydroxyl groups is 1. The molecule has 4 aliphatic rings. The van der Waals surface area contributed by atoms with Gasteiger partial charge in [0.25, 0.3) is 5.56 Å². The Morgan fingerprint density at radius 1 is 1.28 bits per heavy atom. The zero-order valence-corrected chi connectivity index (χ0v) is 18.6. The minimum absolute atomic E-state index is 0.0459. The Morgan fingerprint density at radius 3 is 2.88 bits per heavy atom. The summed E-state index contributed by atoms with van der Waals surface area (Å²) >= 11 is 0. The molecule has 0 aromatic carbocycles. The number of aromatic nitrogens is 1. The van der Waals surface area contributed by atoms with Gasteiger partial charge in [-0.15, -0.1) is 0 Å². The van der Waals surface area contributed by atoms with Crippen LogP contribution in [0.5, 0.6) is 0 Å². The number of pyridine rings is 1. The highest BCUT2D eigenvalue weighted by atomic mass is 16.5. The smallest absolute Gasteiger partial charge is 0.258 e. The largest absolute Gasteiger partial charge is 0.396 e. The lowest BCUT2D eigenvalue weighted by atomic mass is 9.88. The molecule has 5 rings (SSSR count). The molecule has 1 amide bonds. The summed E-state index contributed by atoms with van der Waals surface area (Å²) in [4.78, 5) is 28.4. The average Bonchev–Trinajstić information content (AvgIpc) is 3.54. The first-order valence-corrected chi connectivity index (χ1v) is 12.0. The van der Waals surface area contributed by atoms with Crippen LogP contribution in [0.25, 0.3) is 5.57 Å². The Kier molecular flexibility index (Phi) is 6.46. The number of allylic oxidation sites excluding steroid dienone is 2. The highest BCUT2D eigenvalue weighted by molar-refractivity contribution is 5.82. The Morgan fingerprint density at radius 2 is 2.12 bits per heavy atom. The van der Waals surface area contributed by atoms with Gasteiger partial charge in [0.2, 0.25) is 5.91 Å². The Hall–Kier alpha value is -2.00. The predicted octanol–water partition coefficient (Wildman–Crippen LogP) is 0.505. The van der Waals surface area contributed by atoms with Crippen molar-refractivity contribution in [2.24, 2.45) is 11.8 Å². The van der Waals surface area contributed by atoms with Crippen molar-refractivity contribution in [1.29, 1.82) is 0 Å². The van der Waals surface area contributed by atoms with Crippen LogP contribution in [0.15, 0.2) is 23.0 Å². The number of carbonyl (C=O) groups excluding carboxylic acids is 1. The van der Waals surface area contributed by atoms with E-state index >= 15 is 0 Å². The first-order valence-electron chi connectivity index (χ1n) is 12.0. The van der Waals surface area contributed by atoms with Crippen LogP contribution in [-0.2, 0) is 16.1 Å². The third kappa shape index (κ3) is 4.05. The molecular formula is C24H34N4O4. The molecule has 8 nitrogen and oxygen atoms in total. The van der Waals surface area contributed by atoms with Crippen molar-refractivity contribution in [2.75, 3.05) is 46.0 Å². The molecule has 0 bridgehead atoms. The quantitative estimate of drug-likeness (QED) is 0.533. The summed E-state index contributed by atoms with van der Waals surface area (Å²) in [6.45, 7) is 5.52. The number of morpholine rings is 1. The number of hydrogen-bond donors (Lipinski definition) is 3. The van der Waals surface area contributed by atoms with Crippen LogP contribution in [0.1, 0.15) is 43.0 Å². The summed E-state index contributed by atoms with van der Waals surface area (Å²) in [7, 11) is 0. The van der Waals surface area contributed by atoms with E-state index in [1.165, 1.54) is 0 Å². The molecule has 1 aromatic heterocycles. The lowest BCUT2D eigenvalue weighted by Crippen LogP contribution is -2.47. The van der Waals surface area contributed by atoms with E-state index in [0.29, 0.717) is 13.1 Å². The monoisotopic (exact) mass is 442 g/mol. The van der Waals surface area contributed by atoms with Crippen LogP contribution in [-0.4, -0.2) is 72.5 Å². The van der Waals surface area contributed by atoms with Crippen molar-refractivity contribution in [1.82, 2.24) is 20.1 Å². The molecule has 4 heterocycles. The SMILES string of the molecule is O=C(NCCCN1CCOCC1)[C@@H]1N[C@@H]2c3ccc(C4=CCCC4)c(=O)n3C[C@@H]2[C@H]1CO. The van der Waals surface area contributed by atoms with Crippen molar-refractivity contribution in [3.05, 3.63) is 39.8 Å². The number of aliphatic hydroxyl groups excluding tert-OH is 1. The van der Waals surface area contributed by atoms with Crippen molar-refractivity contribution in [2.45, 2.75) is 44.3 Å². The van der Waals surface area contributed by atoms with E-state index < -0.39 is 6.04 Å². The van der Waals surface area contributed by atoms with E-state index in [0.717, 1.165) is 75.4 Å². The van der Waals surface area contributed by atoms with Gasteiger partial charge in [-0.25, -0.2) is 0 Å².